The lowest BCUT2D eigenvalue weighted by molar-refractivity contribution is 0.426. The van der Waals surface area contributed by atoms with Gasteiger partial charge in [-0.05, 0) is 51.8 Å². The Labute approximate surface area is 132 Å². The molecule has 2 rings (SSSR count). The zero-order chi connectivity index (χ0) is 15.5. The highest BCUT2D eigenvalue weighted by atomic mass is 32.1. The standard InChI is InChI=1S/C17H27N3S/c1-6-13-10-14(7-2)20(19-13)12-16-9-8-15(21-16)11-18-17(3,4)5/h8-10,18H,6-7,11-12H2,1-5H3. The Morgan fingerprint density at radius 3 is 2.48 bits per heavy atom. The van der Waals surface area contributed by atoms with Crippen LogP contribution < -0.4 is 5.32 Å². The van der Waals surface area contributed by atoms with Gasteiger partial charge in [-0.25, -0.2) is 0 Å². The summed E-state index contributed by atoms with van der Waals surface area (Å²) in [6, 6.07) is 6.70. The van der Waals surface area contributed by atoms with Gasteiger partial charge in [-0.3, -0.25) is 4.68 Å². The van der Waals surface area contributed by atoms with Crippen LogP contribution in [0.5, 0.6) is 0 Å². The van der Waals surface area contributed by atoms with Crippen LogP contribution in [0.4, 0.5) is 0 Å². The highest BCUT2D eigenvalue weighted by Crippen LogP contribution is 2.19. The predicted molar refractivity (Wildman–Crippen MR) is 91.0 cm³/mol. The minimum atomic E-state index is 0.164. The molecule has 0 aliphatic rings. The van der Waals surface area contributed by atoms with Crippen LogP contribution in [0.15, 0.2) is 18.2 Å². The Balaban J connectivity index is 2.03. The molecule has 116 valence electrons. The zero-order valence-corrected chi connectivity index (χ0v) is 14.7. The second-order valence-electron chi connectivity index (χ2n) is 6.46. The summed E-state index contributed by atoms with van der Waals surface area (Å²) in [6.07, 6.45) is 2.04. The number of aryl methyl sites for hydroxylation is 2. The van der Waals surface area contributed by atoms with E-state index in [9.17, 15) is 0 Å². The van der Waals surface area contributed by atoms with E-state index in [1.54, 1.807) is 0 Å². The fraction of sp³-hybridized carbons (Fsp3) is 0.588. The van der Waals surface area contributed by atoms with Gasteiger partial charge in [0.2, 0.25) is 0 Å². The molecule has 2 aromatic rings. The number of hydrogen-bond acceptors (Lipinski definition) is 3. The van der Waals surface area contributed by atoms with E-state index < -0.39 is 0 Å². The summed E-state index contributed by atoms with van der Waals surface area (Å²) in [6.45, 7) is 12.8. The van der Waals surface area contributed by atoms with Crippen molar-refractivity contribution in [2.75, 3.05) is 0 Å². The van der Waals surface area contributed by atoms with Crippen molar-refractivity contribution in [3.8, 4) is 0 Å². The number of rotatable bonds is 6. The first kappa shape index (κ1) is 16.2. The average Bonchev–Trinajstić information content (AvgIpc) is 3.02. The first-order valence-corrected chi connectivity index (χ1v) is 8.61. The average molecular weight is 305 g/mol. The number of nitrogens with zero attached hydrogens (tertiary/aromatic N) is 2. The third-order valence-electron chi connectivity index (χ3n) is 3.45. The third kappa shape index (κ3) is 4.68. The molecule has 21 heavy (non-hydrogen) atoms. The van der Waals surface area contributed by atoms with Gasteiger partial charge in [0.05, 0.1) is 12.2 Å². The van der Waals surface area contributed by atoms with Crippen molar-refractivity contribution in [1.29, 1.82) is 0 Å². The van der Waals surface area contributed by atoms with E-state index in [0.717, 1.165) is 25.9 Å². The van der Waals surface area contributed by atoms with Crippen LogP contribution in [0.25, 0.3) is 0 Å². The molecule has 0 atom stereocenters. The Kier molecular flexibility index (Phi) is 5.22. The molecule has 0 amide bonds. The smallest absolute Gasteiger partial charge is 0.0755 e. The normalized spacial score (nSPS) is 12.0. The summed E-state index contributed by atoms with van der Waals surface area (Å²) >= 11 is 1.88. The van der Waals surface area contributed by atoms with Gasteiger partial charge in [0.15, 0.2) is 0 Å². The summed E-state index contributed by atoms with van der Waals surface area (Å²) in [5.74, 6) is 0. The Morgan fingerprint density at radius 2 is 1.86 bits per heavy atom. The lowest BCUT2D eigenvalue weighted by Gasteiger charge is -2.19. The van der Waals surface area contributed by atoms with E-state index in [4.69, 9.17) is 5.10 Å². The van der Waals surface area contributed by atoms with Crippen molar-refractivity contribution in [3.05, 3.63) is 39.3 Å². The monoisotopic (exact) mass is 305 g/mol. The third-order valence-corrected chi connectivity index (χ3v) is 4.52. The van der Waals surface area contributed by atoms with Crippen molar-refractivity contribution in [2.45, 2.75) is 66.1 Å². The van der Waals surface area contributed by atoms with Crippen molar-refractivity contribution < 1.29 is 0 Å². The van der Waals surface area contributed by atoms with Crippen molar-refractivity contribution in [3.63, 3.8) is 0 Å². The molecule has 0 fully saturated rings. The van der Waals surface area contributed by atoms with Crippen molar-refractivity contribution in [1.82, 2.24) is 15.1 Å². The number of hydrogen-bond donors (Lipinski definition) is 1. The maximum atomic E-state index is 4.70. The zero-order valence-electron chi connectivity index (χ0n) is 13.9. The highest BCUT2D eigenvalue weighted by Gasteiger charge is 2.11. The second kappa shape index (κ2) is 6.75. The van der Waals surface area contributed by atoms with Gasteiger partial charge < -0.3 is 5.32 Å². The molecule has 0 unspecified atom stereocenters. The van der Waals surface area contributed by atoms with E-state index >= 15 is 0 Å². The van der Waals surface area contributed by atoms with E-state index in [1.165, 1.54) is 21.1 Å². The molecular weight excluding hydrogens is 278 g/mol. The van der Waals surface area contributed by atoms with E-state index in [-0.39, 0.29) is 5.54 Å². The molecule has 0 saturated heterocycles. The number of thiophene rings is 1. The molecule has 0 aliphatic carbocycles. The molecule has 0 spiro atoms. The van der Waals surface area contributed by atoms with Gasteiger partial charge >= 0.3 is 0 Å². The molecule has 1 N–H and O–H groups in total. The summed E-state index contributed by atoms with van der Waals surface area (Å²) in [5, 5.41) is 8.24. The minimum Gasteiger partial charge on any atom is -0.307 e. The molecule has 4 heteroatoms. The summed E-state index contributed by atoms with van der Waals surface area (Å²) in [5.41, 5.74) is 2.69. The quantitative estimate of drug-likeness (QED) is 0.874. The minimum absolute atomic E-state index is 0.164. The lowest BCUT2D eigenvalue weighted by atomic mass is 10.1. The summed E-state index contributed by atoms with van der Waals surface area (Å²) in [4.78, 5) is 2.77. The summed E-state index contributed by atoms with van der Waals surface area (Å²) in [7, 11) is 0. The van der Waals surface area contributed by atoms with E-state index in [2.05, 4.69) is 62.8 Å². The predicted octanol–water partition coefficient (Wildman–Crippen LogP) is 4.01. The second-order valence-corrected chi connectivity index (χ2v) is 7.72. The van der Waals surface area contributed by atoms with Gasteiger partial charge in [-0.1, -0.05) is 13.8 Å². The Hall–Kier alpha value is -1.13. The topological polar surface area (TPSA) is 29.9 Å². The molecule has 0 saturated carbocycles. The van der Waals surface area contributed by atoms with Crippen LogP contribution in [0, 0.1) is 0 Å². The molecule has 0 aliphatic heterocycles. The van der Waals surface area contributed by atoms with Crippen LogP contribution in [0.1, 0.15) is 55.8 Å². The maximum absolute atomic E-state index is 4.70. The Bertz CT molecular complexity index is 575. The Morgan fingerprint density at radius 1 is 1.14 bits per heavy atom. The largest absolute Gasteiger partial charge is 0.307 e. The van der Waals surface area contributed by atoms with Gasteiger partial charge in [0.25, 0.3) is 0 Å². The fourth-order valence-corrected chi connectivity index (χ4v) is 3.15. The van der Waals surface area contributed by atoms with Crippen LogP contribution in [-0.2, 0) is 25.9 Å². The number of nitrogens with one attached hydrogen (secondary N) is 1. The van der Waals surface area contributed by atoms with E-state index in [1.807, 2.05) is 11.3 Å². The molecular formula is C17H27N3S. The van der Waals surface area contributed by atoms with Crippen LogP contribution in [0.2, 0.25) is 0 Å². The van der Waals surface area contributed by atoms with Crippen LogP contribution in [0.3, 0.4) is 0 Å². The number of aromatic nitrogens is 2. The van der Waals surface area contributed by atoms with Crippen molar-refractivity contribution in [2.24, 2.45) is 0 Å². The lowest BCUT2D eigenvalue weighted by Crippen LogP contribution is -2.34. The van der Waals surface area contributed by atoms with Gasteiger partial charge in [-0.2, -0.15) is 5.10 Å². The van der Waals surface area contributed by atoms with Gasteiger partial charge in [0.1, 0.15) is 0 Å². The molecule has 3 nitrogen and oxygen atoms in total. The first-order valence-electron chi connectivity index (χ1n) is 7.79. The summed E-state index contributed by atoms with van der Waals surface area (Å²) < 4.78 is 2.16. The molecule has 0 bridgehead atoms. The fourth-order valence-electron chi connectivity index (χ4n) is 2.21. The SMILES string of the molecule is CCc1cc(CC)n(Cc2ccc(CNC(C)(C)C)s2)n1. The molecule has 0 radical (unpaired) electrons. The van der Waals surface area contributed by atoms with Crippen molar-refractivity contribution >= 4 is 11.3 Å². The molecule has 2 aromatic heterocycles. The highest BCUT2D eigenvalue weighted by molar-refractivity contribution is 7.11. The van der Waals surface area contributed by atoms with Gasteiger partial charge in [0, 0.05) is 27.5 Å². The van der Waals surface area contributed by atoms with Gasteiger partial charge in [-0.15, -0.1) is 11.3 Å². The maximum Gasteiger partial charge on any atom is 0.0755 e. The molecule has 2 heterocycles. The first-order chi connectivity index (χ1) is 9.91. The van der Waals surface area contributed by atoms with Crippen LogP contribution in [-0.4, -0.2) is 15.3 Å². The van der Waals surface area contributed by atoms with E-state index in [0.29, 0.717) is 0 Å². The molecule has 0 aromatic carbocycles. The van der Waals surface area contributed by atoms with Crippen LogP contribution >= 0.6 is 11.3 Å².